The van der Waals surface area contributed by atoms with Crippen LogP contribution in [-0.2, 0) is 4.74 Å². The van der Waals surface area contributed by atoms with Crippen LogP contribution >= 0.6 is 15.9 Å². The van der Waals surface area contributed by atoms with Crippen LogP contribution in [-0.4, -0.2) is 20.8 Å². The van der Waals surface area contributed by atoms with Gasteiger partial charge in [-0.3, -0.25) is 0 Å². The van der Waals surface area contributed by atoms with E-state index in [2.05, 4.69) is 28.2 Å². The van der Waals surface area contributed by atoms with Gasteiger partial charge >= 0.3 is 0 Å². The second kappa shape index (κ2) is 7.09. The molecular formula is C13H19BrFNO. The van der Waals surface area contributed by atoms with Crippen LogP contribution in [0.2, 0.25) is 0 Å². The molecule has 2 unspecified atom stereocenters. The van der Waals surface area contributed by atoms with Gasteiger partial charge in [0.2, 0.25) is 0 Å². The third kappa shape index (κ3) is 4.05. The lowest BCUT2D eigenvalue weighted by Crippen LogP contribution is -2.25. The molecule has 96 valence electrons. The van der Waals surface area contributed by atoms with Gasteiger partial charge in [0.05, 0.1) is 0 Å². The Morgan fingerprint density at radius 3 is 2.71 bits per heavy atom. The number of rotatable bonds is 6. The Morgan fingerprint density at radius 1 is 1.47 bits per heavy atom. The standard InChI is InChI=1S/C13H19BrFNO/c1-9(6-7-17-3)13(16-2)11-5-4-10(14)8-12(11)15/h4-5,8-9,13,16H,6-7H2,1-3H3. The second-order valence-electron chi connectivity index (χ2n) is 4.19. The largest absolute Gasteiger partial charge is 0.385 e. The summed E-state index contributed by atoms with van der Waals surface area (Å²) in [6.07, 6.45) is 0.900. The van der Waals surface area contributed by atoms with Crippen molar-refractivity contribution in [3.63, 3.8) is 0 Å². The fraction of sp³-hybridized carbons (Fsp3) is 0.538. The predicted molar refractivity (Wildman–Crippen MR) is 71.6 cm³/mol. The third-order valence-corrected chi connectivity index (χ3v) is 3.45. The number of nitrogens with one attached hydrogen (secondary N) is 1. The first kappa shape index (κ1) is 14.6. The second-order valence-corrected chi connectivity index (χ2v) is 5.11. The topological polar surface area (TPSA) is 21.3 Å². The molecule has 0 aliphatic rings. The molecule has 4 heteroatoms. The molecule has 0 aromatic heterocycles. The van der Waals surface area contributed by atoms with E-state index in [-0.39, 0.29) is 11.9 Å². The maximum atomic E-state index is 13.9. The molecule has 0 aliphatic carbocycles. The molecule has 1 aromatic rings. The van der Waals surface area contributed by atoms with Crippen molar-refractivity contribution in [2.24, 2.45) is 5.92 Å². The monoisotopic (exact) mass is 303 g/mol. The van der Waals surface area contributed by atoms with Crippen molar-refractivity contribution in [1.82, 2.24) is 5.32 Å². The first-order valence-electron chi connectivity index (χ1n) is 5.71. The lowest BCUT2D eigenvalue weighted by molar-refractivity contribution is 0.171. The summed E-state index contributed by atoms with van der Waals surface area (Å²) in [6.45, 7) is 2.79. The molecule has 1 rings (SSSR count). The normalized spacial score (nSPS) is 14.6. The van der Waals surface area contributed by atoms with Crippen LogP contribution in [0, 0.1) is 11.7 Å². The lowest BCUT2D eigenvalue weighted by Gasteiger charge is -2.24. The molecule has 0 aliphatic heterocycles. The Morgan fingerprint density at radius 2 is 2.18 bits per heavy atom. The van der Waals surface area contributed by atoms with Crippen molar-refractivity contribution in [3.8, 4) is 0 Å². The van der Waals surface area contributed by atoms with Crippen molar-refractivity contribution >= 4 is 15.9 Å². The maximum Gasteiger partial charge on any atom is 0.129 e. The summed E-state index contributed by atoms with van der Waals surface area (Å²) in [5.41, 5.74) is 0.708. The number of hydrogen-bond donors (Lipinski definition) is 1. The van der Waals surface area contributed by atoms with Gasteiger partial charge in [-0.15, -0.1) is 0 Å². The molecule has 0 bridgehead atoms. The summed E-state index contributed by atoms with van der Waals surface area (Å²) in [6, 6.07) is 5.21. The van der Waals surface area contributed by atoms with E-state index >= 15 is 0 Å². The summed E-state index contributed by atoms with van der Waals surface area (Å²) < 4.78 is 19.7. The molecule has 0 fully saturated rings. The van der Waals surface area contributed by atoms with Gasteiger partial charge in [-0.25, -0.2) is 4.39 Å². The first-order valence-corrected chi connectivity index (χ1v) is 6.50. The van der Waals surface area contributed by atoms with E-state index < -0.39 is 0 Å². The molecule has 2 nitrogen and oxygen atoms in total. The average Bonchev–Trinajstić information content (AvgIpc) is 2.30. The molecular weight excluding hydrogens is 285 g/mol. The smallest absolute Gasteiger partial charge is 0.129 e. The highest BCUT2D eigenvalue weighted by Gasteiger charge is 2.20. The molecule has 1 N–H and O–H groups in total. The van der Waals surface area contributed by atoms with Crippen LogP contribution in [0.5, 0.6) is 0 Å². The van der Waals surface area contributed by atoms with E-state index in [0.717, 1.165) is 10.9 Å². The summed E-state index contributed by atoms with van der Waals surface area (Å²) in [5, 5.41) is 3.18. The molecule has 1 aromatic carbocycles. The predicted octanol–water partition coefficient (Wildman–Crippen LogP) is 3.52. The van der Waals surface area contributed by atoms with Crippen molar-refractivity contribution in [1.29, 1.82) is 0 Å². The summed E-state index contributed by atoms with van der Waals surface area (Å²) in [7, 11) is 3.54. The molecule has 0 amide bonds. The number of benzene rings is 1. The summed E-state index contributed by atoms with van der Waals surface area (Å²) in [5.74, 6) is 0.138. The van der Waals surface area contributed by atoms with Crippen molar-refractivity contribution < 1.29 is 9.13 Å². The number of halogens is 2. The molecule has 2 atom stereocenters. The fourth-order valence-corrected chi connectivity index (χ4v) is 2.30. The van der Waals surface area contributed by atoms with E-state index in [1.165, 1.54) is 6.07 Å². The van der Waals surface area contributed by atoms with Gasteiger partial charge < -0.3 is 10.1 Å². The minimum Gasteiger partial charge on any atom is -0.385 e. The highest BCUT2D eigenvalue weighted by Crippen LogP contribution is 2.28. The van der Waals surface area contributed by atoms with Gasteiger partial charge in [0, 0.05) is 29.8 Å². The van der Waals surface area contributed by atoms with Gasteiger partial charge in [-0.1, -0.05) is 28.9 Å². The van der Waals surface area contributed by atoms with Gasteiger partial charge in [0.1, 0.15) is 5.82 Å². The van der Waals surface area contributed by atoms with E-state index in [0.29, 0.717) is 18.1 Å². The Bertz CT molecular complexity index is 359. The van der Waals surface area contributed by atoms with Crippen molar-refractivity contribution in [3.05, 3.63) is 34.1 Å². The molecule has 0 saturated carbocycles. The molecule has 0 heterocycles. The van der Waals surface area contributed by atoms with Crippen LogP contribution in [0.15, 0.2) is 22.7 Å². The molecule has 0 saturated heterocycles. The SMILES string of the molecule is CNC(c1ccc(Br)cc1F)C(C)CCOC. The summed E-state index contributed by atoms with van der Waals surface area (Å²) >= 11 is 3.27. The quantitative estimate of drug-likeness (QED) is 0.868. The van der Waals surface area contributed by atoms with Gasteiger partial charge in [0.15, 0.2) is 0 Å². The van der Waals surface area contributed by atoms with Crippen LogP contribution < -0.4 is 5.32 Å². The van der Waals surface area contributed by atoms with E-state index in [9.17, 15) is 4.39 Å². The van der Waals surface area contributed by atoms with Crippen LogP contribution in [0.25, 0.3) is 0 Å². The van der Waals surface area contributed by atoms with E-state index in [4.69, 9.17) is 4.74 Å². The zero-order chi connectivity index (χ0) is 12.8. The highest BCUT2D eigenvalue weighted by atomic mass is 79.9. The Balaban J connectivity index is 2.85. The first-order chi connectivity index (χ1) is 8.10. The number of ether oxygens (including phenoxy) is 1. The van der Waals surface area contributed by atoms with Crippen molar-refractivity contribution in [2.75, 3.05) is 20.8 Å². The maximum absolute atomic E-state index is 13.9. The number of methoxy groups -OCH3 is 1. The molecule has 0 radical (unpaired) electrons. The molecule has 0 spiro atoms. The summed E-state index contributed by atoms with van der Waals surface area (Å²) in [4.78, 5) is 0. The van der Waals surface area contributed by atoms with Crippen LogP contribution in [0.3, 0.4) is 0 Å². The van der Waals surface area contributed by atoms with Gasteiger partial charge in [0.25, 0.3) is 0 Å². The zero-order valence-electron chi connectivity index (χ0n) is 10.5. The van der Waals surface area contributed by atoms with Gasteiger partial charge in [-0.05, 0) is 31.5 Å². The highest BCUT2D eigenvalue weighted by molar-refractivity contribution is 9.10. The average molecular weight is 304 g/mol. The minimum absolute atomic E-state index is 0.0123. The number of hydrogen-bond acceptors (Lipinski definition) is 2. The van der Waals surface area contributed by atoms with Crippen molar-refractivity contribution in [2.45, 2.75) is 19.4 Å². The Kier molecular flexibility index (Phi) is 6.09. The van der Waals surface area contributed by atoms with Crippen LogP contribution in [0.1, 0.15) is 24.9 Å². The Labute approximate surface area is 111 Å². The van der Waals surface area contributed by atoms with Gasteiger partial charge in [-0.2, -0.15) is 0 Å². The van der Waals surface area contributed by atoms with E-state index in [1.54, 1.807) is 7.11 Å². The minimum atomic E-state index is -0.178. The third-order valence-electron chi connectivity index (χ3n) is 2.95. The fourth-order valence-electron chi connectivity index (χ4n) is 1.97. The van der Waals surface area contributed by atoms with E-state index in [1.807, 2.05) is 19.2 Å². The van der Waals surface area contributed by atoms with Crippen LogP contribution in [0.4, 0.5) is 4.39 Å². The Hall–Kier alpha value is -0.450. The lowest BCUT2D eigenvalue weighted by atomic mass is 9.92. The zero-order valence-corrected chi connectivity index (χ0v) is 12.1. The molecule has 17 heavy (non-hydrogen) atoms.